The van der Waals surface area contributed by atoms with Gasteiger partial charge in [-0.25, -0.2) is 0 Å². The van der Waals surface area contributed by atoms with Crippen LogP contribution < -0.4 is 11.1 Å². The van der Waals surface area contributed by atoms with Crippen molar-refractivity contribution in [1.29, 1.82) is 0 Å². The Balaban J connectivity index is 1.96. The number of unbranched alkanes of at least 4 members (excludes halogenated alkanes) is 1. The van der Waals surface area contributed by atoms with Crippen LogP contribution in [0, 0.1) is 0 Å². The number of carbonyl (C=O) groups is 1. The Morgan fingerprint density at radius 3 is 2.65 bits per heavy atom. The van der Waals surface area contributed by atoms with Crippen molar-refractivity contribution in [3.63, 3.8) is 0 Å². The predicted molar refractivity (Wildman–Crippen MR) is 65.7 cm³/mol. The minimum absolute atomic E-state index is 0.336. The van der Waals surface area contributed by atoms with Crippen molar-refractivity contribution < 1.29 is 14.3 Å². The lowest BCUT2D eigenvalue weighted by Gasteiger charge is -2.15. The van der Waals surface area contributed by atoms with Crippen LogP contribution in [0.1, 0.15) is 32.6 Å². The summed E-state index contributed by atoms with van der Waals surface area (Å²) in [6.45, 7) is 4.33. The molecular formula is C12H24N2O3. The SMILES string of the molecule is CCCCOCCOCC(NC1CC1)C(N)=O. The Bertz CT molecular complexity index is 220. The van der Waals surface area contributed by atoms with Crippen LogP contribution in [-0.2, 0) is 14.3 Å². The van der Waals surface area contributed by atoms with Crippen LogP contribution in [0.3, 0.4) is 0 Å². The molecule has 0 heterocycles. The summed E-state index contributed by atoms with van der Waals surface area (Å²) in [6.07, 6.45) is 4.47. The Morgan fingerprint density at radius 1 is 1.35 bits per heavy atom. The summed E-state index contributed by atoms with van der Waals surface area (Å²) in [5.41, 5.74) is 5.28. The zero-order chi connectivity index (χ0) is 12.5. The summed E-state index contributed by atoms with van der Waals surface area (Å²) < 4.78 is 10.7. The molecule has 5 heteroatoms. The summed E-state index contributed by atoms with van der Waals surface area (Å²) in [7, 11) is 0. The molecule has 1 rings (SSSR count). The lowest BCUT2D eigenvalue weighted by atomic mass is 10.3. The van der Waals surface area contributed by atoms with Crippen LogP contribution in [0.4, 0.5) is 0 Å². The molecule has 0 radical (unpaired) electrons. The van der Waals surface area contributed by atoms with Crippen molar-refractivity contribution >= 4 is 5.91 Å². The van der Waals surface area contributed by atoms with E-state index in [1.165, 1.54) is 0 Å². The second kappa shape index (κ2) is 8.44. The number of hydrogen-bond acceptors (Lipinski definition) is 4. The Kier molecular flexibility index (Phi) is 7.16. The van der Waals surface area contributed by atoms with Crippen molar-refractivity contribution in [2.45, 2.75) is 44.7 Å². The molecule has 0 saturated heterocycles. The van der Waals surface area contributed by atoms with Gasteiger partial charge in [0.05, 0.1) is 19.8 Å². The molecule has 0 aromatic heterocycles. The first-order valence-electron chi connectivity index (χ1n) is 6.45. The predicted octanol–water partition coefficient (Wildman–Crippen LogP) is 0.426. The molecule has 17 heavy (non-hydrogen) atoms. The van der Waals surface area contributed by atoms with Crippen LogP contribution in [0.5, 0.6) is 0 Å². The maximum absolute atomic E-state index is 11.1. The summed E-state index contributed by atoms with van der Waals surface area (Å²) >= 11 is 0. The first-order valence-corrected chi connectivity index (χ1v) is 6.45. The van der Waals surface area contributed by atoms with Crippen LogP contribution in [0.25, 0.3) is 0 Å². The summed E-state index contributed by atoms with van der Waals surface area (Å²) in [4.78, 5) is 11.1. The molecule has 1 atom stereocenters. The molecule has 5 nitrogen and oxygen atoms in total. The fourth-order valence-electron chi connectivity index (χ4n) is 1.41. The number of amides is 1. The molecule has 0 spiro atoms. The first-order chi connectivity index (χ1) is 8.24. The Morgan fingerprint density at radius 2 is 2.06 bits per heavy atom. The third kappa shape index (κ3) is 7.31. The molecule has 1 saturated carbocycles. The normalized spacial score (nSPS) is 17.0. The molecule has 0 bridgehead atoms. The molecule has 1 unspecified atom stereocenters. The number of nitrogens with one attached hydrogen (secondary N) is 1. The molecule has 3 N–H and O–H groups in total. The second-order valence-electron chi connectivity index (χ2n) is 4.44. The Labute approximate surface area is 103 Å². The van der Waals surface area contributed by atoms with Gasteiger partial charge in [-0.1, -0.05) is 13.3 Å². The minimum atomic E-state index is -0.363. The van der Waals surface area contributed by atoms with Crippen molar-refractivity contribution in [1.82, 2.24) is 5.32 Å². The zero-order valence-corrected chi connectivity index (χ0v) is 10.6. The number of nitrogens with two attached hydrogens (primary N) is 1. The van der Waals surface area contributed by atoms with Gasteiger partial charge in [0.1, 0.15) is 6.04 Å². The smallest absolute Gasteiger partial charge is 0.236 e. The third-order valence-electron chi connectivity index (χ3n) is 2.66. The van der Waals surface area contributed by atoms with Gasteiger partial charge in [0.2, 0.25) is 5.91 Å². The fourth-order valence-corrected chi connectivity index (χ4v) is 1.41. The molecule has 100 valence electrons. The van der Waals surface area contributed by atoms with Gasteiger partial charge in [-0.2, -0.15) is 0 Å². The van der Waals surface area contributed by atoms with E-state index < -0.39 is 0 Å². The van der Waals surface area contributed by atoms with Crippen molar-refractivity contribution in [2.75, 3.05) is 26.4 Å². The molecule has 1 fully saturated rings. The minimum Gasteiger partial charge on any atom is -0.379 e. The molecule has 1 amide bonds. The topological polar surface area (TPSA) is 73.6 Å². The highest BCUT2D eigenvalue weighted by molar-refractivity contribution is 5.80. The molecular weight excluding hydrogens is 220 g/mol. The molecule has 0 aliphatic heterocycles. The summed E-state index contributed by atoms with van der Waals surface area (Å²) in [6, 6.07) is 0.0926. The van der Waals surface area contributed by atoms with E-state index in [-0.39, 0.29) is 11.9 Å². The number of ether oxygens (including phenoxy) is 2. The van der Waals surface area contributed by atoms with Gasteiger partial charge >= 0.3 is 0 Å². The summed E-state index contributed by atoms with van der Waals surface area (Å²) in [5.74, 6) is -0.344. The van der Waals surface area contributed by atoms with Gasteiger partial charge in [-0.15, -0.1) is 0 Å². The van der Waals surface area contributed by atoms with E-state index in [4.69, 9.17) is 15.2 Å². The second-order valence-corrected chi connectivity index (χ2v) is 4.44. The van der Waals surface area contributed by atoms with Crippen LogP contribution in [-0.4, -0.2) is 44.4 Å². The highest BCUT2D eigenvalue weighted by Gasteiger charge is 2.27. The number of hydrogen-bond donors (Lipinski definition) is 2. The van der Waals surface area contributed by atoms with E-state index in [0.717, 1.165) is 32.3 Å². The average molecular weight is 244 g/mol. The molecule has 1 aliphatic rings. The molecule has 1 aliphatic carbocycles. The van der Waals surface area contributed by atoms with Gasteiger partial charge < -0.3 is 20.5 Å². The zero-order valence-electron chi connectivity index (χ0n) is 10.6. The van der Waals surface area contributed by atoms with Gasteiger partial charge in [0.25, 0.3) is 0 Å². The lowest BCUT2D eigenvalue weighted by molar-refractivity contribution is -0.121. The number of primary amides is 1. The molecule has 0 aromatic carbocycles. The monoisotopic (exact) mass is 244 g/mol. The first kappa shape index (κ1) is 14.4. The van der Waals surface area contributed by atoms with E-state index >= 15 is 0 Å². The molecule has 0 aromatic rings. The van der Waals surface area contributed by atoms with E-state index in [0.29, 0.717) is 25.9 Å². The van der Waals surface area contributed by atoms with Crippen molar-refractivity contribution in [2.24, 2.45) is 5.73 Å². The van der Waals surface area contributed by atoms with Gasteiger partial charge in [-0.05, 0) is 19.3 Å². The Hall–Kier alpha value is -0.650. The lowest BCUT2D eigenvalue weighted by Crippen LogP contribution is -2.45. The van der Waals surface area contributed by atoms with Crippen molar-refractivity contribution in [3.8, 4) is 0 Å². The van der Waals surface area contributed by atoms with Crippen molar-refractivity contribution in [3.05, 3.63) is 0 Å². The largest absolute Gasteiger partial charge is 0.379 e. The van der Waals surface area contributed by atoms with Crippen LogP contribution in [0.15, 0.2) is 0 Å². The van der Waals surface area contributed by atoms with Crippen LogP contribution >= 0.6 is 0 Å². The highest BCUT2D eigenvalue weighted by atomic mass is 16.5. The van der Waals surface area contributed by atoms with E-state index in [9.17, 15) is 4.79 Å². The average Bonchev–Trinajstić information content (AvgIpc) is 3.10. The summed E-state index contributed by atoms with van der Waals surface area (Å²) in [5, 5.41) is 3.16. The maximum atomic E-state index is 11.1. The van der Waals surface area contributed by atoms with E-state index in [2.05, 4.69) is 12.2 Å². The number of rotatable bonds is 11. The van der Waals surface area contributed by atoms with E-state index in [1.807, 2.05) is 0 Å². The number of carbonyl (C=O) groups excluding carboxylic acids is 1. The third-order valence-corrected chi connectivity index (χ3v) is 2.66. The van der Waals surface area contributed by atoms with Gasteiger partial charge in [0, 0.05) is 12.6 Å². The standard InChI is InChI=1S/C12H24N2O3/c1-2-3-6-16-7-8-17-9-11(12(13)15)14-10-4-5-10/h10-11,14H,2-9H2,1H3,(H2,13,15). The van der Waals surface area contributed by atoms with Gasteiger partial charge in [-0.3, -0.25) is 4.79 Å². The highest BCUT2D eigenvalue weighted by Crippen LogP contribution is 2.19. The van der Waals surface area contributed by atoms with Crippen LogP contribution in [0.2, 0.25) is 0 Å². The fraction of sp³-hybridized carbons (Fsp3) is 0.917. The van der Waals surface area contributed by atoms with E-state index in [1.54, 1.807) is 0 Å². The van der Waals surface area contributed by atoms with Gasteiger partial charge in [0.15, 0.2) is 0 Å². The quantitative estimate of drug-likeness (QED) is 0.517. The maximum Gasteiger partial charge on any atom is 0.236 e.